The molecule has 1 aliphatic heterocycles. The summed E-state index contributed by atoms with van der Waals surface area (Å²) in [6.07, 6.45) is -0.648. The minimum Gasteiger partial charge on any atom is -0.495 e. The third-order valence-electron chi connectivity index (χ3n) is 4.92. The molecular formula is C21H20F4N4O. The van der Waals surface area contributed by atoms with Gasteiger partial charge in [0.2, 0.25) is 0 Å². The van der Waals surface area contributed by atoms with Gasteiger partial charge in [-0.1, -0.05) is 12.6 Å². The van der Waals surface area contributed by atoms with Gasteiger partial charge >= 0.3 is 6.18 Å². The van der Waals surface area contributed by atoms with Crippen molar-refractivity contribution in [3.05, 3.63) is 64.6 Å². The number of halogens is 4. The van der Waals surface area contributed by atoms with Crippen LogP contribution in [-0.4, -0.2) is 31.4 Å². The highest BCUT2D eigenvalue weighted by molar-refractivity contribution is 5.93. The predicted molar refractivity (Wildman–Crippen MR) is 108 cm³/mol. The largest absolute Gasteiger partial charge is 0.495 e. The molecule has 5 nitrogen and oxygen atoms in total. The number of methoxy groups -OCH3 is 1. The first-order valence-corrected chi connectivity index (χ1v) is 8.99. The summed E-state index contributed by atoms with van der Waals surface area (Å²) in [5.41, 5.74) is 7.90. The van der Waals surface area contributed by atoms with Gasteiger partial charge < -0.3 is 20.8 Å². The number of rotatable bonds is 4. The molecule has 0 atom stereocenters. The molecule has 1 saturated heterocycles. The van der Waals surface area contributed by atoms with Gasteiger partial charge in [-0.25, -0.2) is 9.37 Å². The van der Waals surface area contributed by atoms with Crippen molar-refractivity contribution in [3.8, 4) is 5.75 Å². The van der Waals surface area contributed by atoms with Crippen LogP contribution in [0.5, 0.6) is 5.75 Å². The van der Waals surface area contributed by atoms with Crippen LogP contribution in [0.3, 0.4) is 0 Å². The summed E-state index contributed by atoms with van der Waals surface area (Å²) in [5.74, 6) is -0.746. The number of nitrogens with zero attached hydrogens (tertiary/aromatic N) is 2. The predicted octanol–water partition coefficient (Wildman–Crippen LogP) is 4.68. The molecule has 1 fully saturated rings. The normalized spacial score (nSPS) is 16.1. The highest BCUT2D eigenvalue weighted by Crippen LogP contribution is 2.34. The third kappa shape index (κ3) is 4.14. The number of nitrogens with one attached hydrogen (secondary N) is 1. The fourth-order valence-corrected chi connectivity index (χ4v) is 3.26. The Morgan fingerprint density at radius 2 is 2.07 bits per heavy atom. The monoisotopic (exact) mass is 420 g/mol. The minimum atomic E-state index is -4.66. The van der Waals surface area contributed by atoms with E-state index in [1.54, 1.807) is 23.1 Å². The second-order valence-electron chi connectivity index (χ2n) is 6.80. The summed E-state index contributed by atoms with van der Waals surface area (Å²) < 4.78 is 57.9. The van der Waals surface area contributed by atoms with Crippen molar-refractivity contribution in [2.75, 3.05) is 30.8 Å². The lowest BCUT2D eigenvalue weighted by atomic mass is 9.95. The first-order valence-electron chi connectivity index (χ1n) is 8.99. The molecule has 0 bridgehead atoms. The van der Waals surface area contributed by atoms with E-state index >= 15 is 0 Å². The Morgan fingerprint density at radius 1 is 1.33 bits per heavy atom. The summed E-state index contributed by atoms with van der Waals surface area (Å²) in [4.78, 5) is 5.27. The van der Waals surface area contributed by atoms with E-state index in [1.165, 1.54) is 7.11 Å². The summed E-state index contributed by atoms with van der Waals surface area (Å²) in [7, 11) is 1.48. The molecule has 3 N–H and O–H groups in total. The van der Waals surface area contributed by atoms with Crippen LogP contribution in [-0.2, 0) is 6.18 Å². The van der Waals surface area contributed by atoms with E-state index in [1.807, 2.05) is 0 Å². The zero-order valence-electron chi connectivity index (χ0n) is 16.2. The maximum Gasteiger partial charge on any atom is 0.417 e. The molecule has 1 aliphatic rings. The van der Waals surface area contributed by atoms with Crippen molar-refractivity contribution in [1.29, 1.82) is 5.41 Å². The zero-order chi connectivity index (χ0) is 22.1. The number of anilines is 2. The van der Waals surface area contributed by atoms with Gasteiger partial charge in [-0.15, -0.1) is 0 Å². The molecule has 0 radical (unpaired) electrons. The van der Waals surface area contributed by atoms with Crippen LogP contribution in [0.15, 0.2) is 42.1 Å². The van der Waals surface area contributed by atoms with Crippen molar-refractivity contribution in [1.82, 2.24) is 4.98 Å². The molecule has 0 saturated carbocycles. The number of pyridine rings is 1. The number of hydrogen-bond acceptors (Lipinski definition) is 5. The van der Waals surface area contributed by atoms with Crippen molar-refractivity contribution in [2.45, 2.75) is 12.6 Å². The van der Waals surface area contributed by atoms with E-state index in [0.717, 1.165) is 17.4 Å². The molecule has 3 rings (SSSR count). The van der Waals surface area contributed by atoms with Crippen LogP contribution in [0.4, 0.5) is 29.1 Å². The number of hydrogen-bond donors (Lipinski definition) is 2. The van der Waals surface area contributed by atoms with Gasteiger partial charge in [-0.2, -0.15) is 13.2 Å². The number of aromatic nitrogens is 1. The molecule has 30 heavy (non-hydrogen) atoms. The first-order chi connectivity index (χ1) is 14.2. The summed E-state index contributed by atoms with van der Waals surface area (Å²) in [5, 5.41) is 7.66. The Bertz CT molecular complexity index is 1030. The van der Waals surface area contributed by atoms with Crippen LogP contribution in [0.1, 0.15) is 23.1 Å². The van der Waals surface area contributed by atoms with Gasteiger partial charge in [0.05, 0.1) is 18.4 Å². The molecule has 0 spiro atoms. The molecule has 0 unspecified atom stereocenters. The first kappa shape index (κ1) is 21.4. The lowest BCUT2D eigenvalue weighted by Gasteiger charge is -2.31. The molecule has 0 aliphatic carbocycles. The Kier molecular flexibility index (Phi) is 5.82. The molecule has 158 valence electrons. The van der Waals surface area contributed by atoms with E-state index in [9.17, 15) is 17.6 Å². The van der Waals surface area contributed by atoms with E-state index in [-0.39, 0.29) is 12.4 Å². The molecule has 1 aromatic heterocycles. The molecule has 0 amide bonds. The van der Waals surface area contributed by atoms with Gasteiger partial charge in [0, 0.05) is 31.1 Å². The number of alkyl halides is 3. The maximum atomic E-state index is 14.4. The van der Waals surface area contributed by atoms with E-state index in [2.05, 4.69) is 11.6 Å². The van der Waals surface area contributed by atoms with Crippen LogP contribution >= 0.6 is 0 Å². The van der Waals surface area contributed by atoms with Crippen molar-refractivity contribution < 1.29 is 22.3 Å². The SMILES string of the molecule is C=C1CCN(c2ncc(C(F)(F)F)cc2F)C/C1=C\c1ccc(OC)c(N)c1C=N. The van der Waals surface area contributed by atoms with Crippen LogP contribution in [0.2, 0.25) is 0 Å². The number of ether oxygens (including phenoxy) is 1. The van der Waals surface area contributed by atoms with Gasteiger partial charge in [0.1, 0.15) is 5.75 Å². The van der Waals surface area contributed by atoms with Crippen molar-refractivity contribution in [2.24, 2.45) is 0 Å². The third-order valence-corrected chi connectivity index (χ3v) is 4.92. The molecule has 1 aromatic carbocycles. The number of piperidine rings is 1. The van der Waals surface area contributed by atoms with Gasteiger partial charge in [-0.05, 0) is 41.3 Å². The molecule has 2 heterocycles. The standard InChI is InChI=1S/C21H20F4N4O/c1-12-5-6-29(20-17(22)8-15(10-28-20)21(23,24)25)11-14(12)7-13-3-4-18(30-2)19(27)16(13)9-26/h3-4,7-10,26H,1,5-6,11,27H2,2H3/b14-7+,26-9?. The zero-order valence-corrected chi connectivity index (χ0v) is 16.2. The number of benzene rings is 1. The van der Waals surface area contributed by atoms with Crippen molar-refractivity contribution >= 4 is 23.8 Å². The topological polar surface area (TPSA) is 75.2 Å². The fourth-order valence-electron chi connectivity index (χ4n) is 3.26. The van der Waals surface area contributed by atoms with Gasteiger partial charge in [0.15, 0.2) is 11.6 Å². The Hall–Kier alpha value is -3.36. The molecule has 9 heteroatoms. The summed E-state index contributed by atoms with van der Waals surface area (Å²) >= 11 is 0. The summed E-state index contributed by atoms with van der Waals surface area (Å²) in [6.45, 7) is 4.60. The molecular weight excluding hydrogens is 400 g/mol. The quantitative estimate of drug-likeness (QED) is 0.428. The average molecular weight is 420 g/mol. The Labute approximate surface area is 171 Å². The highest BCUT2D eigenvalue weighted by Gasteiger charge is 2.32. The van der Waals surface area contributed by atoms with Gasteiger partial charge in [-0.3, -0.25) is 0 Å². The van der Waals surface area contributed by atoms with Crippen molar-refractivity contribution in [3.63, 3.8) is 0 Å². The second kappa shape index (κ2) is 8.17. The summed E-state index contributed by atoms with van der Waals surface area (Å²) in [6, 6.07) is 3.87. The maximum absolute atomic E-state index is 14.4. The number of nitrogen functional groups attached to an aromatic ring is 1. The lowest BCUT2D eigenvalue weighted by molar-refractivity contribution is -0.138. The lowest BCUT2D eigenvalue weighted by Crippen LogP contribution is -2.33. The van der Waals surface area contributed by atoms with E-state index < -0.39 is 17.6 Å². The van der Waals surface area contributed by atoms with Crippen LogP contribution in [0, 0.1) is 11.2 Å². The van der Waals surface area contributed by atoms with E-state index in [4.69, 9.17) is 15.9 Å². The van der Waals surface area contributed by atoms with Crippen LogP contribution in [0.25, 0.3) is 6.08 Å². The van der Waals surface area contributed by atoms with Gasteiger partial charge in [0.25, 0.3) is 0 Å². The molecule has 2 aromatic rings. The Morgan fingerprint density at radius 3 is 2.67 bits per heavy atom. The average Bonchev–Trinajstić information content (AvgIpc) is 2.69. The highest BCUT2D eigenvalue weighted by atomic mass is 19.4. The fraction of sp³-hybridized carbons (Fsp3) is 0.238. The number of nitrogens with two attached hydrogens (primary N) is 1. The van der Waals surface area contributed by atoms with Crippen LogP contribution < -0.4 is 15.4 Å². The second-order valence-corrected chi connectivity index (χ2v) is 6.80. The Balaban J connectivity index is 1.95. The minimum absolute atomic E-state index is 0.150. The van der Waals surface area contributed by atoms with E-state index in [0.29, 0.717) is 47.8 Å². The smallest absolute Gasteiger partial charge is 0.417 e.